The second-order valence-electron chi connectivity index (χ2n) is 8.52. The molecule has 5 nitrogen and oxygen atoms in total. The highest BCUT2D eigenvalue weighted by Gasteiger charge is 2.22. The smallest absolute Gasteiger partial charge is 0.0983 e. The molecule has 1 aliphatic rings. The summed E-state index contributed by atoms with van der Waals surface area (Å²) in [6.45, 7) is 4.81. The molecule has 3 heterocycles. The lowest BCUT2D eigenvalue weighted by molar-refractivity contribution is 0.320. The Labute approximate surface area is 189 Å². The maximum absolute atomic E-state index is 4.92. The van der Waals surface area contributed by atoms with Gasteiger partial charge in [-0.3, -0.25) is 14.6 Å². The van der Waals surface area contributed by atoms with E-state index < -0.39 is 0 Å². The average Bonchev–Trinajstić information content (AvgIpc) is 3.46. The van der Waals surface area contributed by atoms with E-state index in [0.717, 1.165) is 44.0 Å². The van der Waals surface area contributed by atoms with Crippen molar-refractivity contribution in [2.45, 2.75) is 32.1 Å². The summed E-state index contributed by atoms with van der Waals surface area (Å²) in [7, 11) is 0. The Balaban J connectivity index is 1.26. The minimum Gasteiger partial charge on any atom is -0.308 e. The number of pyridine rings is 1. The maximum atomic E-state index is 4.92. The highest BCUT2D eigenvalue weighted by molar-refractivity contribution is 5.61. The SMILES string of the molecule is c1ccc(CN2CCC(NCc3cn(Cc4ccccc4)nc3-c3cccnc3)C2)cc1. The van der Waals surface area contributed by atoms with Gasteiger partial charge in [0.2, 0.25) is 0 Å². The van der Waals surface area contributed by atoms with Crippen LogP contribution in [-0.2, 0) is 19.6 Å². The molecular weight excluding hydrogens is 394 g/mol. The summed E-state index contributed by atoms with van der Waals surface area (Å²) in [6.07, 6.45) is 7.06. The predicted octanol–water partition coefficient (Wildman–Crippen LogP) is 4.36. The van der Waals surface area contributed by atoms with E-state index in [2.05, 4.69) is 82.1 Å². The first-order valence-corrected chi connectivity index (χ1v) is 11.3. The van der Waals surface area contributed by atoms with E-state index in [1.54, 1.807) is 0 Å². The number of aromatic nitrogens is 3. The van der Waals surface area contributed by atoms with Gasteiger partial charge in [0.15, 0.2) is 0 Å². The summed E-state index contributed by atoms with van der Waals surface area (Å²) in [5.74, 6) is 0. The van der Waals surface area contributed by atoms with Gasteiger partial charge in [-0.2, -0.15) is 5.10 Å². The van der Waals surface area contributed by atoms with Gasteiger partial charge in [-0.15, -0.1) is 0 Å². The van der Waals surface area contributed by atoms with Crippen molar-refractivity contribution in [1.29, 1.82) is 0 Å². The topological polar surface area (TPSA) is 46.0 Å². The van der Waals surface area contributed by atoms with Crippen molar-refractivity contribution in [2.75, 3.05) is 13.1 Å². The highest BCUT2D eigenvalue weighted by atomic mass is 15.3. The summed E-state index contributed by atoms with van der Waals surface area (Å²) in [6, 6.07) is 25.8. The van der Waals surface area contributed by atoms with Gasteiger partial charge in [0.25, 0.3) is 0 Å². The first-order chi connectivity index (χ1) is 15.8. The van der Waals surface area contributed by atoms with Gasteiger partial charge in [0.05, 0.1) is 12.2 Å². The van der Waals surface area contributed by atoms with E-state index >= 15 is 0 Å². The molecule has 1 unspecified atom stereocenters. The Bertz CT molecular complexity index is 1110. The molecule has 2 aromatic heterocycles. The van der Waals surface area contributed by atoms with E-state index in [1.807, 2.05) is 29.2 Å². The molecule has 1 aliphatic heterocycles. The van der Waals surface area contributed by atoms with E-state index in [9.17, 15) is 0 Å². The van der Waals surface area contributed by atoms with Crippen LogP contribution in [0, 0.1) is 0 Å². The zero-order valence-corrected chi connectivity index (χ0v) is 18.3. The molecule has 0 amide bonds. The van der Waals surface area contributed by atoms with Crippen molar-refractivity contribution in [2.24, 2.45) is 0 Å². The van der Waals surface area contributed by atoms with Crippen molar-refractivity contribution in [3.8, 4) is 11.3 Å². The number of rotatable bonds is 8. The van der Waals surface area contributed by atoms with Crippen molar-refractivity contribution < 1.29 is 0 Å². The number of hydrogen-bond donors (Lipinski definition) is 1. The Morgan fingerprint density at radius 1 is 0.875 bits per heavy atom. The van der Waals surface area contributed by atoms with Crippen LogP contribution in [-0.4, -0.2) is 38.8 Å². The molecule has 162 valence electrons. The van der Waals surface area contributed by atoms with Crippen molar-refractivity contribution in [3.05, 3.63) is 108 Å². The number of benzene rings is 2. The molecule has 0 bridgehead atoms. The van der Waals surface area contributed by atoms with E-state index in [1.165, 1.54) is 23.1 Å². The first-order valence-electron chi connectivity index (χ1n) is 11.3. The lowest BCUT2D eigenvalue weighted by Crippen LogP contribution is -2.32. The Morgan fingerprint density at radius 3 is 2.34 bits per heavy atom. The summed E-state index contributed by atoms with van der Waals surface area (Å²) in [5.41, 5.74) is 5.93. The Morgan fingerprint density at radius 2 is 1.62 bits per heavy atom. The monoisotopic (exact) mass is 423 g/mol. The second kappa shape index (κ2) is 9.90. The Kier molecular flexibility index (Phi) is 6.37. The third-order valence-corrected chi connectivity index (χ3v) is 6.06. The number of hydrogen-bond acceptors (Lipinski definition) is 4. The largest absolute Gasteiger partial charge is 0.308 e. The van der Waals surface area contributed by atoms with Gasteiger partial charge in [-0.25, -0.2) is 0 Å². The van der Waals surface area contributed by atoms with Gasteiger partial charge in [0.1, 0.15) is 0 Å². The molecule has 0 saturated carbocycles. The molecule has 32 heavy (non-hydrogen) atoms. The first kappa shape index (κ1) is 20.6. The third kappa shape index (κ3) is 5.13. The maximum Gasteiger partial charge on any atom is 0.0983 e. The van der Waals surface area contributed by atoms with E-state index in [0.29, 0.717) is 6.04 Å². The van der Waals surface area contributed by atoms with Gasteiger partial charge >= 0.3 is 0 Å². The molecule has 0 aliphatic carbocycles. The minimum absolute atomic E-state index is 0.498. The molecule has 1 N–H and O–H groups in total. The van der Waals surface area contributed by atoms with Crippen LogP contribution in [0.4, 0.5) is 0 Å². The molecule has 5 rings (SSSR count). The van der Waals surface area contributed by atoms with E-state index in [4.69, 9.17) is 5.10 Å². The normalized spacial score (nSPS) is 16.4. The van der Waals surface area contributed by atoms with Gasteiger partial charge in [-0.1, -0.05) is 60.7 Å². The lowest BCUT2D eigenvalue weighted by Gasteiger charge is -2.17. The van der Waals surface area contributed by atoms with Gasteiger partial charge in [0, 0.05) is 61.9 Å². The minimum atomic E-state index is 0.498. The van der Waals surface area contributed by atoms with Crippen LogP contribution in [0.3, 0.4) is 0 Å². The van der Waals surface area contributed by atoms with Crippen molar-refractivity contribution in [1.82, 2.24) is 25.0 Å². The molecule has 0 radical (unpaired) electrons. The van der Waals surface area contributed by atoms with Gasteiger partial charge in [-0.05, 0) is 29.7 Å². The van der Waals surface area contributed by atoms with E-state index in [-0.39, 0.29) is 0 Å². The van der Waals surface area contributed by atoms with Crippen LogP contribution >= 0.6 is 0 Å². The van der Waals surface area contributed by atoms with Crippen LogP contribution < -0.4 is 5.32 Å². The fourth-order valence-corrected chi connectivity index (χ4v) is 4.43. The zero-order chi connectivity index (χ0) is 21.6. The summed E-state index contributed by atoms with van der Waals surface area (Å²) in [5, 5.41) is 8.70. The molecule has 1 atom stereocenters. The molecule has 4 aromatic rings. The number of nitrogens with one attached hydrogen (secondary N) is 1. The fourth-order valence-electron chi connectivity index (χ4n) is 4.43. The van der Waals surface area contributed by atoms with Crippen LogP contribution in [0.15, 0.2) is 91.4 Å². The fraction of sp³-hybridized carbons (Fsp3) is 0.259. The molecule has 1 fully saturated rings. The Hall–Kier alpha value is -3.28. The standard InChI is InChI=1S/C27H29N5/c1-3-8-22(9-4-1)18-31-15-13-26(21-31)29-17-25-20-32(19-23-10-5-2-6-11-23)30-27(25)24-12-7-14-28-16-24/h1-12,14,16,20,26,29H,13,15,17-19,21H2. The highest BCUT2D eigenvalue weighted by Crippen LogP contribution is 2.22. The number of likely N-dealkylation sites (tertiary alicyclic amines) is 1. The average molecular weight is 424 g/mol. The predicted molar refractivity (Wildman–Crippen MR) is 128 cm³/mol. The third-order valence-electron chi connectivity index (χ3n) is 6.06. The van der Waals surface area contributed by atoms with Crippen molar-refractivity contribution >= 4 is 0 Å². The van der Waals surface area contributed by atoms with Crippen LogP contribution in [0.2, 0.25) is 0 Å². The summed E-state index contributed by atoms with van der Waals surface area (Å²) in [4.78, 5) is 6.84. The zero-order valence-electron chi connectivity index (χ0n) is 18.3. The molecule has 0 spiro atoms. The summed E-state index contributed by atoms with van der Waals surface area (Å²) < 4.78 is 2.05. The molecule has 5 heteroatoms. The van der Waals surface area contributed by atoms with Gasteiger partial charge < -0.3 is 5.32 Å². The number of nitrogens with zero attached hydrogens (tertiary/aromatic N) is 4. The lowest BCUT2D eigenvalue weighted by atomic mass is 10.1. The van der Waals surface area contributed by atoms with Crippen molar-refractivity contribution in [3.63, 3.8) is 0 Å². The molecule has 2 aromatic carbocycles. The van der Waals surface area contributed by atoms with Crippen LogP contribution in [0.25, 0.3) is 11.3 Å². The summed E-state index contributed by atoms with van der Waals surface area (Å²) >= 11 is 0. The van der Waals surface area contributed by atoms with Crippen LogP contribution in [0.5, 0.6) is 0 Å². The molecular formula is C27H29N5. The quantitative estimate of drug-likeness (QED) is 0.457. The molecule has 1 saturated heterocycles. The second-order valence-corrected chi connectivity index (χ2v) is 8.52. The van der Waals surface area contributed by atoms with Crippen LogP contribution in [0.1, 0.15) is 23.1 Å².